The minimum atomic E-state index is 0.452. The predicted octanol–water partition coefficient (Wildman–Crippen LogP) is 5.44. The van der Waals surface area contributed by atoms with E-state index in [2.05, 4.69) is 83.8 Å². The first kappa shape index (κ1) is 13.6. The van der Waals surface area contributed by atoms with Gasteiger partial charge < -0.3 is 0 Å². The van der Waals surface area contributed by atoms with E-state index >= 15 is 0 Å². The van der Waals surface area contributed by atoms with Crippen LogP contribution in [0.1, 0.15) is 33.3 Å². The minimum absolute atomic E-state index is 0.452. The molecule has 17 heavy (non-hydrogen) atoms. The van der Waals surface area contributed by atoms with Gasteiger partial charge in [-0.05, 0) is 40.9 Å². The maximum Gasteiger partial charge on any atom is 0.0225 e. The number of alkyl halides is 1. The van der Waals surface area contributed by atoms with Crippen LogP contribution in [0.15, 0.2) is 28.7 Å². The highest BCUT2D eigenvalue weighted by atomic mass is 79.9. The van der Waals surface area contributed by atoms with Crippen LogP contribution in [0, 0.1) is 16.7 Å². The normalized spacial score (nSPS) is 23.4. The minimum Gasteiger partial charge on any atom is -0.0884 e. The summed E-state index contributed by atoms with van der Waals surface area (Å²) in [5.74, 6) is 0.758. The highest BCUT2D eigenvalue weighted by Gasteiger charge is 2.66. The molecule has 0 saturated heterocycles. The molecule has 0 radical (unpaired) electrons. The first-order valence-corrected chi connectivity index (χ1v) is 7.86. The smallest absolute Gasteiger partial charge is 0.0225 e. The number of rotatable bonds is 3. The lowest BCUT2D eigenvalue weighted by Crippen LogP contribution is -2.10. The molecule has 2 rings (SSSR count). The highest BCUT2D eigenvalue weighted by Crippen LogP contribution is 2.71. The fourth-order valence-electron chi connectivity index (χ4n) is 3.16. The molecule has 0 amide bonds. The van der Waals surface area contributed by atoms with Crippen LogP contribution < -0.4 is 0 Å². The van der Waals surface area contributed by atoms with Crippen LogP contribution >= 0.6 is 31.9 Å². The zero-order valence-electron chi connectivity index (χ0n) is 10.9. The van der Waals surface area contributed by atoms with E-state index in [9.17, 15) is 0 Å². The van der Waals surface area contributed by atoms with Gasteiger partial charge in [0.1, 0.15) is 0 Å². The van der Waals surface area contributed by atoms with Crippen molar-refractivity contribution in [1.29, 1.82) is 0 Å². The third-order valence-corrected chi connectivity index (χ3v) is 6.16. The molecule has 0 spiro atoms. The molecule has 1 aliphatic carbocycles. The summed E-state index contributed by atoms with van der Waals surface area (Å²) < 4.78 is 1.17. The number of halogens is 2. The standard InChI is InChI=1S/C15H20Br2/c1-14(2)13(15(14,3)4)12(17)9-10-6-5-7-11(16)8-10/h5-8,12-13H,9H2,1-4H3. The van der Waals surface area contributed by atoms with Crippen LogP contribution in [-0.2, 0) is 6.42 Å². The van der Waals surface area contributed by atoms with E-state index in [1.807, 2.05) is 0 Å². The van der Waals surface area contributed by atoms with Crippen molar-refractivity contribution < 1.29 is 0 Å². The van der Waals surface area contributed by atoms with Gasteiger partial charge in [0, 0.05) is 9.30 Å². The second kappa shape index (κ2) is 4.38. The molecule has 2 heteroatoms. The maximum absolute atomic E-state index is 3.90. The number of hydrogen-bond acceptors (Lipinski definition) is 0. The molecule has 0 N–H and O–H groups in total. The molecule has 0 aromatic heterocycles. The van der Waals surface area contributed by atoms with Crippen molar-refractivity contribution in [3.8, 4) is 0 Å². The summed E-state index contributed by atoms with van der Waals surface area (Å²) in [6.07, 6.45) is 1.11. The van der Waals surface area contributed by atoms with Gasteiger partial charge in [0.15, 0.2) is 0 Å². The third-order valence-electron chi connectivity index (χ3n) is 4.81. The Labute approximate surface area is 121 Å². The Morgan fingerprint density at radius 2 is 1.76 bits per heavy atom. The lowest BCUT2D eigenvalue weighted by Gasteiger charge is -2.12. The molecule has 0 heterocycles. The van der Waals surface area contributed by atoms with Gasteiger partial charge in [-0.2, -0.15) is 0 Å². The van der Waals surface area contributed by atoms with Gasteiger partial charge in [-0.1, -0.05) is 71.7 Å². The highest BCUT2D eigenvalue weighted by molar-refractivity contribution is 9.10. The summed E-state index contributed by atoms with van der Waals surface area (Å²) in [7, 11) is 0. The van der Waals surface area contributed by atoms with Gasteiger partial charge in [0.25, 0.3) is 0 Å². The van der Waals surface area contributed by atoms with Crippen LogP contribution in [-0.4, -0.2) is 4.83 Å². The van der Waals surface area contributed by atoms with E-state index in [0.717, 1.165) is 12.3 Å². The van der Waals surface area contributed by atoms with Crippen LogP contribution in [0.2, 0.25) is 0 Å². The maximum atomic E-state index is 3.90. The van der Waals surface area contributed by atoms with Crippen LogP contribution in [0.4, 0.5) is 0 Å². The number of hydrogen-bond donors (Lipinski definition) is 0. The monoisotopic (exact) mass is 358 g/mol. The zero-order chi connectivity index (χ0) is 12.8. The molecule has 0 bridgehead atoms. The van der Waals surface area contributed by atoms with Gasteiger partial charge in [-0.3, -0.25) is 0 Å². The molecule has 1 aromatic rings. The quantitative estimate of drug-likeness (QED) is 0.630. The Morgan fingerprint density at radius 1 is 1.18 bits per heavy atom. The van der Waals surface area contributed by atoms with Gasteiger partial charge in [-0.15, -0.1) is 0 Å². The van der Waals surface area contributed by atoms with Gasteiger partial charge in [0.2, 0.25) is 0 Å². The molecule has 0 aliphatic heterocycles. The van der Waals surface area contributed by atoms with Crippen molar-refractivity contribution in [2.45, 2.75) is 38.9 Å². The summed E-state index contributed by atoms with van der Waals surface area (Å²) in [5.41, 5.74) is 2.31. The van der Waals surface area contributed by atoms with E-state index < -0.39 is 0 Å². The molecule has 1 saturated carbocycles. The van der Waals surface area contributed by atoms with Crippen LogP contribution in [0.5, 0.6) is 0 Å². The first-order chi connectivity index (χ1) is 7.76. The molecular formula is C15H20Br2. The summed E-state index contributed by atoms with van der Waals surface area (Å²) in [6.45, 7) is 9.53. The predicted molar refractivity (Wildman–Crippen MR) is 81.6 cm³/mol. The fourth-order valence-corrected chi connectivity index (χ4v) is 5.30. The molecule has 0 nitrogen and oxygen atoms in total. The first-order valence-electron chi connectivity index (χ1n) is 6.15. The molecule has 1 unspecified atom stereocenters. The zero-order valence-corrected chi connectivity index (χ0v) is 14.1. The van der Waals surface area contributed by atoms with Crippen molar-refractivity contribution in [1.82, 2.24) is 0 Å². The fraction of sp³-hybridized carbons (Fsp3) is 0.600. The number of benzene rings is 1. The SMILES string of the molecule is CC1(C)C(C(Br)Cc2cccc(Br)c2)C1(C)C. The van der Waals surface area contributed by atoms with E-state index in [4.69, 9.17) is 0 Å². The second-order valence-electron chi connectivity index (χ2n) is 6.27. The van der Waals surface area contributed by atoms with Crippen molar-refractivity contribution in [3.63, 3.8) is 0 Å². The van der Waals surface area contributed by atoms with Crippen molar-refractivity contribution >= 4 is 31.9 Å². The largest absolute Gasteiger partial charge is 0.0884 e. The Kier molecular flexibility index (Phi) is 3.51. The molecule has 1 aliphatic rings. The molecular weight excluding hydrogens is 340 g/mol. The average molecular weight is 360 g/mol. The van der Waals surface area contributed by atoms with Crippen molar-refractivity contribution in [3.05, 3.63) is 34.3 Å². The van der Waals surface area contributed by atoms with E-state index in [0.29, 0.717) is 15.7 Å². The van der Waals surface area contributed by atoms with E-state index in [1.165, 1.54) is 10.0 Å². The summed E-state index contributed by atoms with van der Waals surface area (Å²) >= 11 is 7.44. The van der Waals surface area contributed by atoms with E-state index in [1.54, 1.807) is 0 Å². The van der Waals surface area contributed by atoms with Crippen LogP contribution in [0.25, 0.3) is 0 Å². The van der Waals surface area contributed by atoms with Gasteiger partial charge >= 0.3 is 0 Å². The lowest BCUT2D eigenvalue weighted by atomic mass is 10.0. The third kappa shape index (κ3) is 2.35. The molecule has 1 atom stereocenters. The van der Waals surface area contributed by atoms with Crippen molar-refractivity contribution in [2.24, 2.45) is 16.7 Å². The molecule has 94 valence electrons. The van der Waals surface area contributed by atoms with Crippen LogP contribution in [0.3, 0.4) is 0 Å². The lowest BCUT2D eigenvalue weighted by molar-refractivity contribution is 0.457. The Morgan fingerprint density at radius 3 is 2.24 bits per heavy atom. The molecule has 1 aromatic carbocycles. The van der Waals surface area contributed by atoms with Gasteiger partial charge in [0.05, 0.1) is 0 Å². The second-order valence-corrected chi connectivity index (χ2v) is 8.36. The molecule has 1 fully saturated rings. The average Bonchev–Trinajstić information content (AvgIpc) is 2.56. The summed E-state index contributed by atoms with van der Waals surface area (Å²) in [5, 5.41) is 0. The van der Waals surface area contributed by atoms with Gasteiger partial charge in [-0.25, -0.2) is 0 Å². The Balaban J connectivity index is 2.07. The Hall–Kier alpha value is 0.180. The summed E-state index contributed by atoms with van der Waals surface area (Å²) in [4.78, 5) is 0.571. The topological polar surface area (TPSA) is 0 Å². The van der Waals surface area contributed by atoms with Crippen molar-refractivity contribution in [2.75, 3.05) is 0 Å². The Bertz CT molecular complexity index is 407. The van der Waals surface area contributed by atoms with E-state index in [-0.39, 0.29) is 0 Å². The summed E-state index contributed by atoms with van der Waals surface area (Å²) in [6, 6.07) is 8.62.